The van der Waals surface area contributed by atoms with Crippen molar-refractivity contribution in [3.05, 3.63) is 29.8 Å². The lowest BCUT2D eigenvalue weighted by Crippen LogP contribution is -2.47. The van der Waals surface area contributed by atoms with E-state index in [-0.39, 0.29) is 41.7 Å². The van der Waals surface area contributed by atoms with Crippen LogP contribution < -0.4 is 10.1 Å². The fraction of sp³-hybridized carbons (Fsp3) is 0.611. The van der Waals surface area contributed by atoms with Crippen molar-refractivity contribution in [2.24, 2.45) is 10.9 Å². The third-order valence-electron chi connectivity index (χ3n) is 4.82. The Hall–Kier alpha value is -1.19. The van der Waals surface area contributed by atoms with Crippen molar-refractivity contribution in [3.63, 3.8) is 0 Å². The molecule has 1 saturated carbocycles. The molecular formula is C18H25F3IN3O. The van der Waals surface area contributed by atoms with Crippen LogP contribution in [0, 0.1) is 5.92 Å². The van der Waals surface area contributed by atoms with Crippen LogP contribution in [-0.4, -0.2) is 43.4 Å². The Morgan fingerprint density at radius 2 is 2.04 bits per heavy atom. The first-order valence-corrected chi connectivity index (χ1v) is 8.70. The van der Waals surface area contributed by atoms with Gasteiger partial charge in [0.25, 0.3) is 0 Å². The van der Waals surface area contributed by atoms with E-state index in [0.29, 0.717) is 11.5 Å². The molecule has 3 unspecified atom stereocenters. The van der Waals surface area contributed by atoms with Gasteiger partial charge in [0.15, 0.2) is 5.96 Å². The topological polar surface area (TPSA) is 36.9 Å². The lowest BCUT2D eigenvalue weighted by atomic mass is 10.0. The zero-order valence-electron chi connectivity index (χ0n) is 14.9. The first kappa shape index (κ1) is 21.1. The molecule has 3 atom stereocenters. The Balaban J connectivity index is 0.00000243. The van der Waals surface area contributed by atoms with Crippen molar-refractivity contribution in [1.29, 1.82) is 0 Å². The van der Waals surface area contributed by atoms with Crippen LogP contribution in [0.4, 0.5) is 13.2 Å². The van der Waals surface area contributed by atoms with Gasteiger partial charge in [-0.15, -0.1) is 37.1 Å². The maximum absolute atomic E-state index is 12.6. The summed E-state index contributed by atoms with van der Waals surface area (Å²) in [4.78, 5) is 6.59. The number of alkyl halides is 3. The summed E-state index contributed by atoms with van der Waals surface area (Å²) in [5.74, 6) is 1.37. The van der Waals surface area contributed by atoms with Crippen LogP contribution in [0.1, 0.15) is 37.7 Å². The maximum Gasteiger partial charge on any atom is 0.573 e. The molecule has 2 fully saturated rings. The molecule has 1 aliphatic heterocycles. The highest BCUT2D eigenvalue weighted by atomic mass is 127. The summed E-state index contributed by atoms with van der Waals surface area (Å²) in [6.07, 6.45) is -1.53. The Kier molecular flexibility index (Phi) is 7.04. The number of nitrogens with one attached hydrogen (secondary N) is 1. The van der Waals surface area contributed by atoms with Crippen molar-refractivity contribution in [2.45, 2.75) is 44.5 Å². The SMILES string of the molecule is CN=C(NC1CC1c1ccccc1OC(F)(F)F)N1CCCC(C)C1.I. The zero-order chi connectivity index (χ0) is 18.0. The first-order valence-electron chi connectivity index (χ1n) is 8.70. The number of likely N-dealkylation sites (tertiary alicyclic amines) is 1. The minimum absolute atomic E-state index is 0. The molecule has 8 heteroatoms. The zero-order valence-corrected chi connectivity index (χ0v) is 17.3. The van der Waals surface area contributed by atoms with Gasteiger partial charge in [0.05, 0.1) is 0 Å². The molecule has 1 aliphatic carbocycles. The van der Waals surface area contributed by atoms with E-state index >= 15 is 0 Å². The molecule has 0 aromatic heterocycles. The minimum atomic E-state index is -4.67. The van der Waals surface area contributed by atoms with Crippen molar-refractivity contribution in [1.82, 2.24) is 10.2 Å². The Morgan fingerprint density at radius 3 is 2.69 bits per heavy atom. The minimum Gasteiger partial charge on any atom is -0.405 e. The average Bonchev–Trinajstić information content (AvgIpc) is 3.30. The fourth-order valence-corrected chi connectivity index (χ4v) is 3.55. The summed E-state index contributed by atoms with van der Waals surface area (Å²) in [6, 6.07) is 6.48. The molecule has 1 saturated heterocycles. The predicted octanol–water partition coefficient (Wildman–Crippen LogP) is 4.37. The quantitative estimate of drug-likeness (QED) is 0.395. The van der Waals surface area contributed by atoms with Crippen molar-refractivity contribution in [3.8, 4) is 5.75 Å². The second-order valence-electron chi connectivity index (χ2n) is 6.92. The molecule has 1 N–H and O–H groups in total. The lowest BCUT2D eigenvalue weighted by molar-refractivity contribution is -0.274. The van der Waals surface area contributed by atoms with Gasteiger partial charge in [0.2, 0.25) is 0 Å². The monoisotopic (exact) mass is 483 g/mol. The number of hydrogen-bond acceptors (Lipinski definition) is 2. The molecule has 3 rings (SSSR count). The van der Waals surface area contributed by atoms with Gasteiger partial charge in [0.1, 0.15) is 5.75 Å². The van der Waals surface area contributed by atoms with Gasteiger partial charge < -0.3 is 15.0 Å². The molecule has 2 aliphatic rings. The summed E-state index contributed by atoms with van der Waals surface area (Å²) in [6.45, 7) is 4.16. The highest BCUT2D eigenvalue weighted by molar-refractivity contribution is 14.0. The Labute approximate surface area is 169 Å². The second kappa shape index (κ2) is 8.67. The Bertz CT molecular complexity index is 638. The number of benzene rings is 1. The highest BCUT2D eigenvalue weighted by Crippen LogP contribution is 2.45. The normalized spacial score (nSPS) is 26.1. The van der Waals surface area contributed by atoms with Crippen LogP contribution in [0.2, 0.25) is 0 Å². The van der Waals surface area contributed by atoms with E-state index in [4.69, 9.17) is 0 Å². The average molecular weight is 483 g/mol. The van der Waals surface area contributed by atoms with Crippen LogP contribution in [0.3, 0.4) is 0 Å². The van der Waals surface area contributed by atoms with Gasteiger partial charge >= 0.3 is 6.36 Å². The predicted molar refractivity (Wildman–Crippen MR) is 106 cm³/mol. The molecule has 1 aromatic rings. The largest absolute Gasteiger partial charge is 0.573 e. The van der Waals surface area contributed by atoms with Gasteiger partial charge in [-0.1, -0.05) is 25.1 Å². The summed E-state index contributed by atoms with van der Waals surface area (Å²) in [7, 11) is 1.75. The summed E-state index contributed by atoms with van der Waals surface area (Å²) in [5.41, 5.74) is 0.597. The van der Waals surface area contributed by atoms with E-state index in [1.165, 1.54) is 12.5 Å². The van der Waals surface area contributed by atoms with E-state index in [9.17, 15) is 13.2 Å². The number of piperidine rings is 1. The van der Waals surface area contributed by atoms with Gasteiger partial charge in [-0.25, -0.2) is 0 Å². The van der Waals surface area contributed by atoms with E-state index < -0.39 is 6.36 Å². The van der Waals surface area contributed by atoms with Crippen molar-refractivity contribution >= 4 is 29.9 Å². The summed E-state index contributed by atoms with van der Waals surface area (Å²) < 4.78 is 41.9. The van der Waals surface area contributed by atoms with Gasteiger partial charge in [-0.3, -0.25) is 4.99 Å². The van der Waals surface area contributed by atoms with E-state index in [1.807, 2.05) is 0 Å². The smallest absolute Gasteiger partial charge is 0.405 e. The standard InChI is InChI=1S/C18H24F3N3O.HI/c1-12-6-5-9-24(11-12)17(22-2)23-15-10-14(15)13-7-3-4-8-16(13)25-18(19,20)21;/h3-4,7-8,12,14-15H,5-6,9-11H2,1-2H3,(H,22,23);1H. The molecule has 4 nitrogen and oxygen atoms in total. The third-order valence-corrected chi connectivity index (χ3v) is 4.82. The van der Waals surface area contributed by atoms with E-state index in [2.05, 4.69) is 26.9 Å². The number of guanidine groups is 1. The molecular weight excluding hydrogens is 458 g/mol. The molecule has 0 radical (unpaired) electrons. The van der Waals surface area contributed by atoms with Crippen LogP contribution in [0.25, 0.3) is 0 Å². The molecule has 0 bridgehead atoms. The fourth-order valence-electron chi connectivity index (χ4n) is 3.55. The van der Waals surface area contributed by atoms with Crippen LogP contribution >= 0.6 is 24.0 Å². The molecule has 1 aromatic carbocycles. The Morgan fingerprint density at radius 1 is 1.31 bits per heavy atom. The molecule has 1 heterocycles. The molecule has 0 amide bonds. The van der Waals surface area contributed by atoms with E-state index in [1.54, 1.807) is 25.2 Å². The molecule has 146 valence electrons. The van der Waals surface area contributed by atoms with Gasteiger partial charge in [0, 0.05) is 32.1 Å². The van der Waals surface area contributed by atoms with Crippen LogP contribution in [0.15, 0.2) is 29.3 Å². The van der Waals surface area contributed by atoms with Crippen molar-refractivity contribution in [2.75, 3.05) is 20.1 Å². The number of para-hydroxylation sites is 1. The van der Waals surface area contributed by atoms with Crippen LogP contribution in [-0.2, 0) is 0 Å². The number of nitrogens with zero attached hydrogens (tertiary/aromatic N) is 2. The lowest BCUT2D eigenvalue weighted by Gasteiger charge is -2.33. The van der Waals surface area contributed by atoms with E-state index in [0.717, 1.165) is 31.9 Å². The van der Waals surface area contributed by atoms with Crippen LogP contribution in [0.5, 0.6) is 5.75 Å². The first-order chi connectivity index (χ1) is 11.9. The van der Waals surface area contributed by atoms with Gasteiger partial charge in [-0.2, -0.15) is 0 Å². The second-order valence-corrected chi connectivity index (χ2v) is 6.92. The molecule has 26 heavy (non-hydrogen) atoms. The highest BCUT2D eigenvalue weighted by Gasteiger charge is 2.43. The maximum atomic E-state index is 12.6. The van der Waals surface area contributed by atoms with Gasteiger partial charge in [-0.05, 0) is 36.8 Å². The number of rotatable bonds is 3. The number of ether oxygens (including phenoxy) is 1. The number of aliphatic imine (C=N–C) groups is 1. The summed E-state index contributed by atoms with van der Waals surface area (Å²) >= 11 is 0. The third kappa shape index (κ3) is 5.40. The number of halogens is 4. The number of hydrogen-bond donors (Lipinski definition) is 1. The molecule has 0 spiro atoms. The summed E-state index contributed by atoms with van der Waals surface area (Å²) in [5, 5.41) is 3.41. The van der Waals surface area contributed by atoms with Crippen molar-refractivity contribution < 1.29 is 17.9 Å².